The molecule has 0 saturated carbocycles. The van der Waals surface area contributed by atoms with Crippen LogP contribution < -0.4 is 0 Å². The Bertz CT molecular complexity index is 3180. The summed E-state index contributed by atoms with van der Waals surface area (Å²) in [6.45, 7) is 27.5. The van der Waals surface area contributed by atoms with Gasteiger partial charge in [-0.05, 0) is 197 Å². The third kappa shape index (κ3) is 11.6. The quantitative estimate of drug-likeness (QED) is 0.153. The Kier molecular flexibility index (Phi) is 13.5. The van der Waals surface area contributed by atoms with Crippen molar-refractivity contribution in [2.75, 3.05) is 0 Å². The van der Waals surface area contributed by atoms with E-state index in [1.165, 1.54) is 0 Å². The molecule has 0 saturated heterocycles. The van der Waals surface area contributed by atoms with E-state index in [1.54, 1.807) is 0 Å². The van der Waals surface area contributed by atoms with Gasteiger partial charge in [-0.25, -0.2) is 0 Å². The van der Waals surface area contributed by atoms with Gasteiger partial charge in [-0.1, -0.05) is 119 Å². The van der Waals surface area contributed by atoms with Crippen LogP contribution in [-0.2, 0) is 21.7 Å². The Morgan fingerprint density at radius 2 is 0.463 bits per heavy atom. The van der Waals surface area contributed by atoms with E-state index in [-0.39, 0.29) is 21.7 Å². The highest BCUT2D eigenvalue weighted by atomic mass is 14.3. The topological polar surface area (TPSA) is 119 Å². The molecule has 0 atom stereocenters. The number of nitriles is 5. The van der Waals surface area contributed by atoms with Crippen molar-refractivity contribution in [2.24, 2.45) is 0 Å². The number of hydrogen-bond donors (Lipinski definition) is 0. The number of allylic oxidation sites excluding steroid dienone is 5. The maximum absolute atomic E-state index is 10.9. The van der Waals surface area contributed by atoms with Gasteiger partial charge in [-0.2, -0.15) is 26.3 Å². The van der Waals surface area contributed by atoms with Crippen LogP contribution in [0.1, 0.15) is 167 Å². The zero-order valence-corrected chi connectivity index (χ0v) is 41.3. The van der Waals surface area contributed by atoms with E-state index in [4.69, 9.17) is 0 Å². The summed E-state index contributed by atoms with van der Waals surface area (Å²) in [5, 5.41) is 54.1. The largest absolute Gasteiger partial charge is 0.192 e. The van der Waals surface area contributed by atoms with Crippen LogP contribution in [0.4, 0.5) is 0 Å². The minimum Gasteiger partial charge on any atom is -0.192 e. The first kappa shape index (κ1) is 48.7. The van der Waals surface area contributed by atoms with Crippen molar-refractivity contribution in [3.8, 4) is 30.3 Å². The molecule has 0 heterocycles. The van der Waals surface area contributed by atoms with Gasteiger partial charge in [0.05, 0.1) is 58.2 Å². The molecule has 0 aliphatic heterocycles. The number of fused-ring (bicyclic) bond motifs is 10. The molecule has 67 heavy (non-hydrogen) atoms. The fraction of sp³-hybridized carbons (Fsp3) is 0.274. The molecule has 10 bridgehead atoms. The first-order valence-electron chi connectivity index (χ1n) is 22.7. The molecular formula is C62H59N5. The maximum atomic E-state index is 10.9. The van der Waals surface area contributed by atoms with Gasteiger partial charge in [0.25, 0.3) is 0 Å². The fourth-order valence-corrected chi connectivity index (χ4v) is 8.08. The van der Waals surface area contributed by atoms with Crippen LogP contribution >= 0.6 is 0 Å². The van der Waals surface area contributed by atoms with Crippen LogP contribution in [0, 0.1) is 63.6 Å². The number of benzene rings is 5. The third-order valence-electron chi connectivity index (χ3n) is 12.1. The van der Waals surface area contributed by atoms with E-state index >= 15 is 0 Å². The van der Waals surface area contributed by atoms with Crippen molar-refractivity contribution in [3.05, 3.63) is 174 Å². The third-order valence-corrected chi connectivity index (χ3v) is 12.1. The Balaban J connectivity index is 1.77. The normalized spacial score (nSPS) is 13.5. The zero-order valence-electron chi connectivity index (χ0n) is 41.3. The van der Waals surface area contributed by atoms with E-state index in [0.29, 0.717) is 55.7 Å². The summed E-state index contributed by atoms with van der Waals surface area (Å²) >= 11 is 0. The number of rotatable bonds is 0. The molecule has 0 amide bonds. The van der Waals surface area contributed by atoms with Gasteiger partial charge in [0.15, 0.2) is 0 Å². The Hall–Kier alpha value is -7.75. The lowest BCUT2D eigenvalue weighted by atomic mass is 9.82. The molecule has 0 unspecified atom stereocenters. The van der Waals surface area contributed by atoms with E-state index in [1.807, 2.05) is 104 Å². The predicted octanol–water partition coefficient (Wildman–Crippen LogP) is 15.8. The number of nitrogens with zero attached hydrogens (tertiary/aromatic N) is 5. The number of aryl methyl sites for hydroxylation is 1. The van der Waals surface area contributed by atoms with Gasteiger partial charge >= 0.3 is 0 Å². The molecule has 1 aliphatic carbocycles. The molecule has 5 nitrogen and oxygen atoms in total. The lowest BCUT2D eigenvalue weighted by Gasteiger charge is -2.22. The van der Waals surface area contributed by atoms with Crippen molar-refractivity contribution in [1.82, 2.24) is 0 Å². The Labute approximate surface area is 399 Å². The van der Waals surface area contributed by atoms with E-state index < -0.39 is 0 Å². The van der Waals surface area contributed by atoms with Crippen LogP contribution in [0.15, 0.2) is 91.0 Å². The van der Waals surface area contributed by atoms with Gasteiger partial charge in [-0.3, -0.25) is 0 Å². The predicted molar refractivity (Wildman–Crippen MR) is 279 cm³/mol. The van der Waals surface area contributed by atoms with Crippen LogP contribution in [0.2, 0.25) is 0 Å². The van der Waals surface area contributed by atoms with Crippen molar-refractivity contribution >= 4 is 58.2 Å². The minimum atomic E-state index is -0.291. The molecule has 1 aliphatic rings. The zero-order chi connectivity index (χ0) is 49.2. The highest BCUT2D eigenvalue weighted by molar-refractivity contribution is 5.98. The highest BCUT2D eigenvalue weighted by Crippen LogP contribution is 2.36. The SMILES string of the molecule is Cc1cc2cc(c1)C(C#N)=Cc1cc(cc(C(C)(C)C)c1)C(C#N)=Cc1cc(cc(C(C)(C)C)c1)C(C#N)=Cc1cc(cc(C(C)(C)C)c1)C(C#N)=Cc1cc(cc(C(C)(C)C)c1)C(C#N)=C2. The Morgan fingerprint density at radius 1 is 0.269 bits per heavy atom. The summed E-state index contributed by atoms with van der Waals surface area (Å²) in [4.78, 5) is 0. The van der Waals surface area contributed by atoms with Gasteiger partial charge < -0.3 is 0 Å². The second-order valence-electron chi connectivity index (χ2n) is 21.9. The fourth-order valence-electron chi connectivity index (χ4n) is 8.08. The van der Waals surface area contributed by atoms with E-state index in [2.05, 4.69) is 138 Å². The molecular weight excluding hydrogens is 815 g/mol. The van der Waals surface area contributed by atoms with Gasteiger partial charge in [0, 0.05) is 0 Å². The molecule has 6 rings (SSSR count). The second kappa shape index (κ2) is 18.6. The summed E-state index contributed by atoms with van der Waals surface area (Å²) in [5.74, 6) is 0. The Morgan fingerprint density at radius 3 is 0.657 bits per heavy atom. The number of hydrogen-bond acceptors (Lipinski definition) is 5. The highest BCUT2D eigenvalue weighted by Gasteiger charge is 2.22. The molecule has 5 aromatic rings. The summed E-state index contributed by atoms with van der Waals surface area (Å²) in [5.41, 5.74) is 13.3. The average Bonchev–Trinajstić information content (AvgIpc) is 3.25. The second-order valence-corrected chi connectivity index (χ2v) is 21.9. The summed E-state index contributed by atoms with van der Waals surface area (Å²) in [7, 11) is 0. The summed E-state index contributed by atoms with van der Waals surface area (Å²) in [6, 6.07) is 42.5. The van der Waals surface area contributed by atoms with E-state index in [9.17, 15) is 26.3 Å². The standard InChI is InChI=1S/C62H59N5/c1-39-14-40-16-45(15-39)50(34-63)22-41-17-47(31-55(26-41)59(2,3)4)52(36-65)24-43-19-49(33-57(28-43)61(8,9)10)54(38-67)25-44-20-48(32-58(29-44)62(11,12)13)53(37-66)23-42-18-46(51(21-40)35-64)30-56(27-42)60(5,6)7/h14-33H,1-13H3. The van der Waals surface area contributed by atoms with Gasteiger partial charge in [0.2, 0.25) is 0 Å². The molecule has 5 aromatic carbocycles. The summed E-state index contributed by atoms with van der Waals surface area (Å²) < 4.78 is 0. The first-order chi connectivity index (χ1) is 31.3. The van der Waals surface area contributed by atoms with Crippen molar-refractivity contribution in [2.45, 2.75) is 112 Å². The maximum Gasteiger partial charge on any atom is 0.0998 e. The van der Waals surface area contributed by atoms with Crippen LogP contribution in [0.25, 0.3) is 58.2 Å². The van der Waals surface area contributed by atoms with Crippen LogP contribution in [0.3, 0.4) is 0 Å². The lowest BCUT2D eigenvalue weighted by molar-refractivity contribution is 0.589. The smallest absolute Gasteiger partial charge is 0.0998 e. The van der Waals surface area contributed by atoms with Crippen LogP contribution in [0.5, 0.6) is 0 Å². The molecule has 0 N–H and O–H groups in total. The summed E-state index contributed by atoms with van der Waals surface area (Å²) in [6.07, 6.45) is 9.36. The monoisotopic (exact) mass is 873 g/mol. The lowest BCUT2D eigenvalue weighted by Crippen LogP contribution is -2.12. The van der Waals surface area contributed by atoms with Crippen molar-refractivity contribution < 1.29 is 0 Å². The van der Waals surface area contributed by atoms with Crippen LogP contribution in [-0.4, -0.2) is 0 Å². The molecule has 0 radical (unpaired) electrons. The van der Waals surface area contributed by atoms with Gasteiger partial charge in [-0.15, -0.1) is 0 Å². The van der Waals surface area contributed by atoms with Gasteiger partial charge in [0.1, 0.15) is 0 Å². The molecule has 0 aromatic heterocycles. The average molecular weight is 874 g/mol. The first-order valence-corrected chi connectivity index (χ1v) is 22.7. The van der Waals surface area contributed by atoms with E-state index in [0.717, 1.165) is 55.6 Å². The molecule has 0 fully saturated rings. The molecule has 0 spiro atoms. The van der Waals surface area contributed by atoms with Crippen molar-refractivity contribution in [3.63, 3.8) is 0 Å². The molecule has 5 heteroatoms. The van der Waals surface area contributed by atoms with Crippen molar-refractivity contribution in [1.29, 1.82) is 26.3 Å². The molecule has 332 valence electrons. The minimum absolute atomic E-state index is 0.286.